The second kappa shape index (κ2) is 10.4. The van der Waals surface area contributed by atoms with Crippen LogP contribution in [0.5, 0.6) is 0 Å². The molecule has 1 amide bonds. The van der Waals surface area contributed by atoms with E-state index in [1.807, 2.05) is 18.2 Å². The topological polar surface area (TPSA) is 78.8 Å². The molecule has 6 nitrogen and oxygen atoms in total. The summed E-state index contributed by atoms with van der Waals surface area (Å²) in [5, 5.41) is 3.90. The fraction of sp³-hybridized carbons (Fsp3) is 0.0909. The molecule has 3 aromatic rings. The first kappa shape index (κ1) is 22.8. The molecular formula is C22H19BrFN3O3S. The van der Waals surface area contributed by atoms with Crippen LogP contribution in [0, 0.1) is 5.82 Å². The van der Waals surface area contributed by atoms with E-state index in [9.17, 15) is 17.6 Å². The predicted molar refractivity (Wildman–Crippen MR) is 120 cm³/mol. The van der Waals surface area contributed by atoms with E-state index in [1.165, 1.54) is 42.6 Å². The largest absolute Gasteiger partial charge is 0.272 e. The van der Waals surface area contributed by atoms with Crippen LogP contribution in [-0.2, 0) is 21.4 Å². The molecule has 0 aliphatic heterocycles. The van der Waals surface area contributed by atoms with Crippen molar-refractivity contribution in [1.82, 2.24) is 9.73 Å². The lowest BCUT2D eigenvalue weighted by molar-refractivity contribution is -0.121. The van der Waals surface area contributed by atoms with Gasteiger partial charge in [0.2, 0.25) is 10.0 Å². The molecule has 0 bridgehead atoms. The van der Waals surface area contributed by atoms with E-state index in [0.717, 1.165) is 14.3 Å². The fourth-order valence-electron chi connectivity index (χ4n) is 2.71. The zero-order valence-corrected chi connectivity index (χ0v) is 18.7. The lowest BCUT2D eigenvalue weighted by Gasteiger charge is -2.21. The Hall–Kier alpha value is -2.88. The number of nitrogens with one attached hydrogen (secondary N) is 1. The van der Waals surface area contributed by atoms with Crippen molar-refractivity contribution >= 4 is 38.1 Å². The number of carbonyl (C=O) groups excluding carboxylic acids is 1. The van der Waals surface area contributed by atoms with E-state index in [4.69, 9.17) is 0 Å². The minimum Gasteiger partial charge on any atom is -0.272 e. The number of rotatable bonds is 8. The highest BCUT2D eigenvalue weighted by molar-refractivity contribution is 9.10. The van der Waals surface area contributed by atoms with Crippen molar-refractivity contribution in [1.29, 1.82) is 0 Å². The number of hydrazone groups is 1. The SMILES string of the molecule is O=C(CN(Cc1ccc(F)cc1)S(=O)(=O)c1ccccc1)N/N=C\c1ccccc1Br. The maximum absolute atomic E-state index is 13.2. The van der Waals surface area contributed by atoms with Crippen LogP contribution in [0.15, 0.2) is 93.3 Å². The van der Waals surface area contributed by atoms with Gasteiger partial charge in [0.05, 0.1) is 17.7 Å². The number of hydrogen-bond donors (Lipinski definition) is 1. The molecule has 31 heavy (non-hydrogen) atoms. The molecule has 0 aliphatic rings. The molecule has 0 atom stereocenters. The van der Waals surface area contributed by atoms with E-state index in [2.05, 4.69) is 26.5 Å². The van der Waals surface area contributed by atoms with Gasteiger partial charge in [-0.3, -0.25) is 4.79 Å². The lowest BCUT2D eigenvalue weighted by atomic mass is 10.2. The van der Waals surface area contributed by atoms with Crippen LogP contribution in [0.1, 0.15) is 11.1 Å². The molecule has 9 heteroatoms. The maximum atomic E-state index is 13.2. The molecule has 0 unspecified atom stereocenters. The molecule has 0 fully saturated rings. The van der Waals surface area contributed by atoms with Crippen LogP contribution in [0.4, 0.5) is 4.39 Å². The highest BCUT2D eigenvalue weighted by Crippen LogP contribution is 2.18. The Morgan fingerprint density at radius 1 is 1.00 bits per heavy atom. The fourth-order valence-corrected chi connectivity index (χ4v) is 4.50. The average Bonchev–Trinajstić information content (AvgIpc) is 2.77. The Morgan fingerprint density at radius 3 is 2.32 bits per heavy atom. The van der Waals surface area contributed by atoms with Gasteiger partial charge in [-0.25, -0.2) is 18.2 Å². The number of carbonyl (C=O) groups is 1. The van der Waals surface area contributed by atoms with Crippen molar-refractivity contribution in [3.8, 4) is 0 Å². The Balaban J connectivity index is 1.78. The Kier molecular flexibility index (Phi) is 7.67. The summed E-state index contributed by atoms with van der Waals surface area (Å²) in [5.74, 6) is -1.04. The average molecular weight is 504 g/mol. The summed E-state index contributed by atoms with van der Waals surface area (Å²) in [6, 6.07) is 20.6. The monoisotopic (exact) mass is 503 g/mol. The number of nitrogens with zero attached hydrogens (tertiary/aromatic N) is 2. The summed E-state index contributed by atoms with van der Waals surface area (Å²) >= 11 is 3.38. The summed E-state index contributed by atoms with van der Waals surface area (Å²) in [4.78, 5) is 12.5. The molecule has 0 spiro atoms. The molecule has 160 valence electrons. The first-order chi connectivity index (χ1) is 14.9. The van der Waals surface area contributed by atoms with Gasteiger partial charge in [-0.2, -0.15) is 9.41 Å². The minimum absolute atomic E-state index is 0.0571. The maximum Gasteiger partial charge on any atom is 0.255 e. The normalized spacial score (nSPS) is 11.7. The van der Waals surface area contributed by atoms with Gasteiger partial charge in [0.15, 0.2) is 0 Å². The van der Waals surface area contributed by atoms with Crippen molar-refractivity contribution in [2.75, 3.05) is 6.54 Å². The molecule has 1 N–H and O–H groups in total. The van der Waals surface area contributed by atoms with Crippen LogP contribution in [0.25, 0.3) is 0 Å². The predicted octanol–water partition coefficient (Wildman–Crippen LogP) is 3.93. The van der Waals surface area contributed by atoms with E-state index in [0.29, 0.717) is 5.56 Å². The molecule has 0 saturated heterocycles. The highest BCUT2D eigenvalue weighted by atomic mass is 79.9. The van der Waals surface area contributed by atoms with E-state index in [-0.39, 0.29) is 11.4 Å². The number of amides is 1. The van der Waals surface area contributed by atoms with Crippen LogP contribution in [-0.4, -0.2) is 31.4 Å². The smallest absolute Gasteiger partial charge is 0.255 e. The first-order valence-electron chi connectivity index (χ1n) is 9.22. The molecule has 3 rings (SSSR count). The third-order valence-electron chi connectivity index (χ3n) is 4.27. The van der Waals surface area contributed by atoms with Crippen LogP contribution < -0.4 is 5.43 Å². The highest BCUT2D eigenvalue weighted by Gasteiger charge is 2.26. The number of sulfonamides is 1. The van der Waals surface area contributed by atoms with Crippen molar-refractivity contribution in [2.45, 2.75) is 11.4 Å². The quantitative estimate of drug-likeness (QED) is 0.373. The molecule has 0 heterocycles. The summed E-state index contributed by atoms with van der Waals surface area (Å²) in [5.41, 5.74) is 3.65. The van der Waals surface area contributed by atoms with E-state index in [1.54, 1.807) is 24.3 Å². The summed E-state index contributed by atoms with van der Waals surface area (Å²) in [6.07, 6.45) is 1.46. The zero-order chi connectivity index (χ0) is 22.3. The second-order valence-corrected chi connectivity index (χ2v) is 9.32. The van der Waals surface area contributed by atoms with Gasteiger partial charge in [0.1, 0.15) is 5.82 Å². The van der Waals surface area contributed by atoms with E-state index < -0.39 is 28.3 Å². The van der Waals surface area contributed by atoms with Crippen molar-refractivity contribution in [3.63, 3.8) is 0 Å². The third kappa shape index (κ3) is 6.30. The molecule has 3 aromatic carbocycles. The first-order valence-corrected chi connectivity index (χ1v) is 11.5. The second-order valence-electron chi connectivity index (χ2n) is 6.53. The molecule has 0 aliphatic carbocycles. The molecule has 0 radical (unpaired) electrons. The van der Waals surface area contributed by atoms with Gasteiger partial charge < -0.3 is 0 Å². The molecule has 0 saturated carbocycles. The Labute approximate surface area is 188 Å². The van der Waals surface area contributed by atoms with Gasteiger partial charge in [-0.1, -0.05) is 64.5 Å². The summed E-state index contributed by atoms with van der Waals surface area (Å²) in [6.45, 7) is -0.555. The van der Waals surface area contributed by atoms with E-state index >= 15 is 0 Å². The summed E-state index contributed by atoms with van der Waals surface area (Å²) < 4.78 is 41.3. The van der Waals surface area contributed by atoms with Crippen LogP contribution in [0.3, 0.4) is 0 Å². The van der Waals surface area contributed by atoms with Gasteiger partial charge >= 0.3 is 0 Å². The van der Waals surface area contributed by atoms with Gasteiger partial charge in [-0.05, 0) is 35.9 Å². The lowest BCUT2D eigenvalue weighted by Crippen LogP contribution is -2.39. The number of hydrogen-bond acceptors (Lipinski definition) is 4. The summed E-state index contributed by atoms with van der Waals surface area (Å²) in [7, 11) is -3.97. The Morgan fingerprint density at radius 2 is 1.65 bits per heavy atom. The minimum atomic E-state index is -3.97. The number of benzene rings is 3. The number of halogens is 2. The zero-order valence-electron chi connectivity index (χ0n) is 16.3. The van der Waals surface area contributed by atoms with Crippen molar-refractivity contribution in [2.24, 2.45) is 5.10 Å². The van der Waals surface area contributed by atoms with Gasteiger partial charge in [-0.15, -0.1) is 0 Å². The third-order valence-corrected chi connectivity index (χ3v) is 6.80. The molecular weight excluding hydrogens is 485 g/mol. The van der Waals surface area contributed by atoms with Gasteiger partial charge in [0, 0.05) is 16.6 Å². The van der Waals surface area contributed by atoms with Crippen molar-refractivity contribution < 1.29 is 17.6 Å². The standard InChI is InChI=1S/C22H19BrFN3O3S/c23-21-9-5-4-6-18(21)14-25-26-22(28)16-27(15-17-10-12-19(24)13-11-17)31(29,30)20-7-2-1-3-8-20/h1-14H,15-16H2,(H,26,28)/b25-14-. The van der Waals surface area contributed by atoms with Crippen LogP contribution >= 0.6 is 15.9 Å². The molecule has 0 aromatic heterocycles. The van der Waals surface area contributed by atoms with Gasteiger partial charge in [0.25, 0.3) is 5.91 Å². The van der Waals surface area contributed by atoms with Crippen LogP contribution in [0.2, 0.25) is 0 Å². The Bertz CT molecular complexity index is 1170. The van der Waals surface area contributed by atoms with Crippen molar-refractivity contribution in [3.05, 3.63) is 100 Å².